The number of alkyl halides is 1. The molecule has 3 rings (SSSR count). The second-order valence-corrected chi connectivity index (χ2v) is 5.63. The van der Waals surface area contributed by atoms with Gasteiger partial charge in [0.05, 0.1) is 22.1 Å². The smallest absolute Gasteiger partial charge is 0.132 e. The zero-order valence-electron chi connectivity index (χ0n) is 10.6. The largest absolute Gasteiger partial charge is 0.295 e. The van der Waals surface area contributed by atoms with E-state index in [0.29, 0.717) is 16.5 Å². The van der Waals surface area contributed by atoms with Crippen LogP contribution >= 0.6 is 23.2 Å². The Kier molecular flexibility index (Phi) is 3.40. The molecule has 102 valence electrons. The molecule has 0 N–H and O–H groups in total. The molecule has 1 heterocycles. The van der Waals surface area contributed by atoms with Crippen molar-refractivity contribution in [2.24, 2.45) is 0 Å². The van der Waals surface area contributed by atoms with Crippen molar-refractivity contribution in [2.45, 2.75) is 12.3 Å². The maximum absolute atomic E-state index is 13.5. The molecule has 0 aliphatic heterocycles. The number of rotatable bonds is 2. The Morgan fingerprint density at radius 1 is 1.20 bits per heavy atom. The molecule has 2 aromatic carbocycles. The normalized spacial score (nSPS) is 12.8. The first-order valence-corrected chi connectivity index (χ1v) is 6.95. The van der Waals surface area contributed by atoms with Crippen LogP contribution in [0.3, 0.4) is 0 Å². The zero-order valence-corrected chi connectivity index (χ0v) is 12.2. The summed E-state index contributed by atoms with van der Waals surface area (Å²) >= 11 is 12.2. The lowest BCUT2D eigenvalue weighted by molar-refractivity contribution is 0.626. The lowest BCUT2D eigenvalue weighted by atomic mass is 10.2. The van der Waals surface area contributed by atoms with Gasteiger partial charge in [0.15, 0.2) is 0 Å². The highest BCUT2D eigenvalue weighted by molar-refractivity contribution is 6.31. The summed E-state index contributed by atoms with van der Waals surface area (Å²) < 4.78 is 15.3. The number of nitrogens with zero attached hydrogens (tertiary/aromatic N) is 2. The Balaban J connectivity index is 2.36. The van der Waals surface area contributed by atoms with Crippen LogP contribution in [0.1, 0.15) is 18.1 Å². The minimum absolute atomic E-state index is 0.301. The molecule has 0 spiro atoms. The van der Waals surface area contributed by atoms with Gasteiger partial charge in [-0.3, -0.25) is 4.57 Å². The first-order valence-electron chi connectivity index (χ1n) is 6.14. The summed E-state index contributed by atoms with van der Waals surface area (Å²) in [6.07, 6.45) is 0. The summed E-state index contributed by atoms with van der Waals surface area (Å²) in [4.78, 5) is 4.51. The molecular weight excluding hydrogens is 298 g/mol. The minimum atomic E-state index is -0.306. The first kappa shape index (κ1) is 13.4. The standard InChI is InChI=1S/C15H11Cl2FN2/c1-9(16)15-19-13-6-5-10(17)7-14(13)20(15)12-4-2-3-11(18)8-12/h2-9H,1H3. The fourth-order valence-electron chi connectivity index (χ4n) is 2.22. The van der Waals surface area contributed by atoms with Gasteiger partial charge in [-0.15, -0.1) is 11.6 Å². The molecule has 0 radical (unpaired) electrons. The predicted octanol–water partition coefficient (Wildman–Crippen LogP) is 5.12. The Morgan fingerprint density at radius 3 is 2.70 bits per heavy atom. The van der Waals surface area contributed by atoms with Crippen molar-refractivity contribution in [3.05, 3.63) is 59.1 Å². The van der Waals surface area contributed by atoms with Crippen LogP contribution in [-0.4, -0.2) is 9.55 Å². The fraction of sp³-hybridized carbons (Fsp3) is 0.133. The summed E-state index contributed by atoms with van der Waals surface area (Å²) in [6, 6.07) is 11.7. The number of aromatic nitrogens is 2. The zero-order chi connectivity index (χ0) is 14.3. The SMILES string of the molecule is CC(Cl)c1nc2ccc(Cl)cc2n1-c1cccc(F)c1. The molecule has 0 saturated heterocycles. The molecule has 0 amide bonds. The van der Waals surface area contributed by atoms with Gasteiger partial charge in [-0.2, -0.15) is 0 Å². The van der Waals surface area contributed by atoms with E-state index in [1.54, 1.807) is 18.2 Å². The van der Waals surface area contributed by atoms with E-state index in [4.69, 9.17) is 23.2 Å². The highest BCUT2D eigenvalue weighted by atomic mass is 35.5. The molecule has 1 unspecified atom stereocenters. The Bertz CT molecular complexity index is 781. The second kappa shape index (κ2) is 5.08. The molecule has 2 nitrogen and oxygen atoms in total. The summed E-state index contributed by atoms with van der Waals surface area (Å²) in [5.41, 5.74) is 2.27. The van der Waals surface area contributed by atoms with Crippen molar-refractivity contribution in [3.8, 4) is 5.69 Å². The van der Waals surface area contributed by atoms with Crippen LogP contribution in [0.5, 0.6) is 0 Å². The van der Waals surface area contributed by atoms with Crippen molar-refractivity contribution in [1.29, 1.82) is 0 Å². The maximum atomic E-state index is 13.5. The molecule has 1 aromatic heterocycles. The number of benzene rings is 2. The molecule has 0 aliphatic carbocycles. The van der Waals surface area contributed by atoms with Crippen LogP contribution in [0.25, 0.3) is 16.7 Å². The average molecular weight is 309 g/mol. The molecule has 0 saturated carbocycles. The summed E-state index contributed by atoms with van der Waals surface area (Å²) in [5, 5.41) is 0.299. The monoisotopic (exact) mass is 308 g/mol. The summed E-state index contributed by atoms with van der Waals surface area (Å²) in [5.74, 6) is 0.356. The molecule has 0 bridgehead atoms. The lowest BCUT2D eigenvalue weighted by Gasteiger charge is -2.10. The quantitative estimate of drug-likeness (QED) is 0.601. The number of imidazole rings is 1. The van der Waals surface area contributed by atoms with Gasteiger partial charge in [-0.05, 0) is 43.3 Å². The number of halogens is 3. The van der Waals surface area contributed by atoms with Gasteiger partial charge >= 0.3 is 0 Å². The molecular formula is C15H11Cl2FN2. The Morgan fingerprint density at radius 2 is 2.00 bits per heavy atom. The van der Waals surface area contributed by atoms with Gasteiger partial charge in [0.2, 0.25) is 0 Å². The molecule has 3 aromatic rings. The molecule has 5 heteroatoms. The van der Waals surface area contributed by atoms with Crippen molar-refractivity contribution in [2.75, 3.05) is 0 Å². The van der Waals surface area contributed by atoms with Crippen LogP contribution in [0.4, 0.5) is 4.39 Å². The van der Waals surface area contributed by atoms with E-state index >= 15 is 0 Å². The van der Waals surface area contributed by atoms with Crippen molar-refractivity contribution in [1.82, 2.24) is 9.55 Å². The topological polar surface area (TPSA) is 17.8 Å². The highest BCUT2D eigenvalue weighted by Crippen LogP contribution is 2.29. The predicted molar refractivity (Wildman–Crippen MR) is 80.3 cm³/mol. The summed E-state index contributed by atoms with van der Waals surface area (Å²) in [6.45, 7) is 1.83. The lowest BCUT2D eigenvalue weighted by Crippen LogP contribution is -2.02. The van der Waals surface area contributed by atoms with Crippen molar-refractivity contribution >= 4 is 34.2 Å². The third kappa shape index (κ3) is 2.28. The van der Waals surface area contributed by atoms with Gasteiger partial charge < -0.3 is 0 Å². The van der Waals surface area contributed by atoms with Crippen LogP contribution in [0, 0.1) is 5.82 Å². The third-order valence-electron chi connectivity index (χ3n) is 3.06. The fourth-order valence-corrected chi connectivity index (χ4v) is 2.53. The van der Waals surface area contributed by atoms with Crippen LogP contribution in [0.2, 0.25) is 5.02 Å². The van der Waals surface area contributed by atoms with Crippen LogP contribution in [-0.2, 0) is 0 Å². The molecule has 1 atom stereocenters. The van der Waals surface area contributed by atoms with E-state index < -0.39 is 0 Å². The Labute approximate surface area is 125 Å². The number of hydrogen-bond donors (Lipinski definition) is 0. The Hall–Kier alpha value is -1.58. The van der Waals surface area contributed by atoms with Crippen molar-refractivity contribution < 1.29 is 4.39 Å². The van der Waals surface area contributed by atoms with Gasteiger partial charge in [0.25, 0.3) is 0 Å². The number of hydrogen-bond acceptors (Lipinski definition) is 1. The number of fused-ring (bicyclic) bond motifs is 1. The second-order valence-electron chi connectivity index (χ2n) is 4.53. The van der Waals surface area contributed by atoms with Gasteiger partial charge in [-0.1, -0.05) is 17.7 Å². The molecule has 0 fully saturated rings. The van der Waals surface area contributed by atoms with Gasteiger partial charge in [0, 0.05) is 5.02 Å². The molecule has 20 heavy (non-hydrogen) atoms. The minimum Gasteiger partial charge on any atom is -0.295 e. The maximum Gasteiger partial charge on any atom is 0.132 e. The van der Waals surface area contributed by atoms with Gasteiger partial charge in [-0.25, -0.2) is 9.37 Å². The average Bonchev–Trinajstić information content (AvgIpc) is 2.77. The third-order valence-corrected chi connectivity index (χ3v) is 3.49. The van der Waals surface area contributed by atoms with E-state index in [1.807, 2.05) is 23.6 Å². The van der Waals surface area contributed by atoms with E-state index in [1.165, 1.54) is 12.1 Å². The summed E-state index contributed by atoms with van der Waals surface area (Å²) in [7, 11) is 0. The first-order chi connectivity index (χ1) is 9.56. The van der Waals surface area contributed by atoms with Gasteiger partial charge in [0.1, 0.15) is 11.6 Å². The molecule has 0 aliphatic rings. The van der Waals surface area contributed by atoms with Crippen LogP contribution < -0.4 is 0 Å². The van der Waals surface area contributed by atoms with E-state index in [0.717, 1.165) is 11.0 Å². The van der Waals surface area contributed by atoms with Crippen molar-refractivity contribution in [3.63, 3.8) is 0 Å². The highest BCUT2D eigenvalue weighted by Gasteiger charge is 2.16. The van der Waals surface area contributed by atoms with E-state index in [2.05, 4.69) is 4.98 Å². The van der Waals surface area contributed by atoms with E-state index in [9.17, 15) is 4.39 Å². The van der Waals surface area contributed by atoms with E-state index in [-0.39, 0.29) is 11.2 Å². The van der Waals surface area contributed by atoms with Crippen LogP contribution in [0.15, 0.2) is 42.5 Å².